The third kappa shape index (κ3) is 2.72. The van der Waals surface area contributed by atoms with Crippen LogP contribution in [0.2, 0.25) is 0 Å². The van der Waals surface area contributed by atoms with Gasteiger partial charge in [0.15, 0.2) is 0 Å². The summed E-state index contributed by atoms with van der Waals surface area (Å²) in [6.07, 6.45) is 4.19. The first-order chi connectivity index (χ1) is 6.27. The number of rotatable bonds is 3. The van der Waals surface area contributed by atoms with Gasteiger partial charge in [-0.15, -0.1) is 0 Å². The maximum atomic E-state index is 11.0. The number of ether oxygens (including phenoxy) is 1. The number of esters is 1. The van der Waals surface area contributed by atoms with Crippen molar-refractivity contribution in [1.29, 1.82) is 0 Å². The highest BCUT2D eigenvalue weighted by Crippen LogP contribution is 2.18. The molecule has 1 unspecified atom stereocenters. The molecule has 1 atom stereocenters. The molecule has 13 heavy (non-hydrogen) atoms. The maximum Gasteiger partial charge on any atom is 0.307 e. The SMILES string of the molecule is COC(=O)CC1CCCCN1C=O. The lowest BCUT2D eigenvalue weighted by Crippen LogP contribution is -2.39. The van der Waals surface area contributed by atoms with Crippen molar-refractivity contribution in [2.75, 3.05) is 13.7 Å². The fourth-order valence-corrected chi connectivity index (χ4v) is 1.66. The quantitative estimate of drug-likeness (QED) is 0.477. The third-order valence-electron chi connectivity index (χ3n) is 2.44. The molecule has 1 heterocycles. The van der Waals surface area contributed by atoms with E-state index in [9.17, 15) is 9.59 Å². The number of methoxy groups -OCH3 is 1. The van der Waals surface area contributed by atoms with Crippen molar-refractivity contribution in [2.45, 2.75) is 31.7 Å². The van der Waals surface area contributed by atoms with Gasteiger partial charge >= 0.3 is 5.97 Å². The number of carbonyl (C=O) groups is 2. The molecule has 1 aliphatic rings. The number of nitrogens with zero attached hydrogens (tertiary/aromatic N) is 1. The van der Waals surface area contributed by atoms with Gasteiger partial charge < -0.3 is 9.64 Å². The molecule has 4 heteroatoms. The second kappa shape index (κ2) is 4.84. The fraction of sp³-hybridized carbons (Fsp3) is 0.778. The second-order valence-electron chi connectivity index (χ2n) is 3.27. The summed E-state index contributed by atoms with van der Waals surface area (Å²) >= 11 is 0. The Morgan fingerprint density at radius 3 is 3.00 bits per heavy atom. The Morgan fingerprint density at radius 2 is 2.38 bits per heavy atom. The first-order valence-corrected chi connectivity index (χ1v) is 4.55. The minimum atomic E-state index is -0.237. The number of hydrogen-bond donors (Lipinski definition) is 0. The Kier molecular flexibility index (Phi) is 3.73. The lowest BCUT2D eigenvalue weighted by molar-refractivity contribution is -0.142. The van der Waals surface area contributed by atoms with Crippen molar-refractivity contribution in [2.24, 2.45) is 0 Å². The molecule has 0 aromatic carbocycles. The van der Waals surface area contributed by atoms with Gasteiger partial charge in [-0.25, -0.2) is 0 Å². The molecule has 0 aromatic rings. The molecule has 1 rings (SSSR count). The van der Waals surface area contributed by atoms with E-state index in [0.29, 0.717) is 6.42 Å². The van der Waals surface area contributed by atoms with Crippen molar-refractivity contribution in [3.05, 3.63) is 0 Å². The average Bonchev–Trinajstić information content (AvgIpc) is 2.18. The van der Waals surface area contributed by atoms with Gasteiger partial charge in [-0.1, -0.05) is 0 Å². The Balaban J connectivity index is 2.44. The molecule has 1 aliphatic heterocycles. The van der Waals surface area contributed by atoms with Crippen LogP contribution < -0.4 is 0 Å². The Labute approximate surface area is 77.8 Å². The van der Waals surface area contributed by atoms with Gasteiger partial charge in [0, 0.05) is 12.6 Å². The van der Waals surface area contributed by atoms with E-state index in [2.05, 4.69) is 4.74 Å². The van der Waals surface area contributed by atoms with Crippen LogP contribution in [0.3, 0.4) is 0 Å². The van der Waals surface area contributed by atoms with Gasteiger partial charge in [0.25, 0.3) is 0 Å². The lowest BCUT2D eigenvalue weighted by Gasteiger charge is -2.31. The zero-order chi connectivity index (χ0) is 9.68. The van der Waals surface area contributed by atoms with Gasteiger partial charge in [-0.05, 0) is 19.3 Å². The molecule has 0 aromatic heterocycles. The summed E-state index contributed by atoms with van der Waals surface area (Å²) in [5, 5.41) is 0. The molecule has 0 saturated carbocycles. The highest BCUT2D eigenvalue weighted by molar-refractivity contribution is 5.70. The zero-order valence-electron chi connectivity index (χ0n) is 7.86. The van der Waals surface area contributed by atoms with Crippen LogP contribution in [0.1, 0.15) is 25.7 Å². The van der Waals surface area contributed by atoms with Crippen molar-refractivity contribution < 1.29 is 14.3 Å². The summed E-state index contributed by atoms with van der Waals surface area (Å²) in [6.45, 7) is 0.769. The second-order valence-corrected chi connectivity index (χ2v) is 3.27. The van der Waals surface area contributed by atoms with Crippen molar-refractivity contribution in [3.8, 4) is 0 Å². The number of piperidine rings is 1. The minimum Gasteiger partial charge on any atom is -0.469 e. The molecule has 4 nitrogen and oxygen atoms in total. The van der Waals surface area contributed by atoms with Crippen LogP contribution in [0.5, 0.6) is 0 Å². The molecule has 1 amide bonds. The number of carbonyl (C=O) groups excluding carboxylic acids is 2. The molecular weight excluding hydrogens is 170 g/mol. The summed E-state index contributed by atoms with van der Waals surface area (Å²) in [5.41, 5.74) is 0. The lowest BCUT2D eigenvalue weighted by atomic mass is 10.0. The molecule has 1 saturated heterocycles. The summed E-state index contributed by atoms with van der Waals surface area (Å²) in [5.74, 6) is -0.237. The van der Waals surface area contributed by atoms with Crippen LogP contribution >= 0.6 is 0 Å². The Morgan fingerprint density at radius 1 is 1.62 bits per heavy atom. The van der Waals surface area contributed by atoms with E-state index >= 15 is 0 Å². The normalized spacial score (nSPS) is 22.5. The van der Waals surface area contributed by atoms with E-state index < -0.39 is 0 Å². The average molecular weight is 185 g/mol. The van der Waals surface area contributed by atoms with E-state index in [1.54, 1.807) is 4.90 Å². The third-order valence-corrected chi connectivity index (χ3v) is 2.44. The monoisotopic (exact) mass is 185 g/mol. The van der Waals surface area contributed by atoms with Crippen molar-refractivity contribution >= 4 is 12.4 Å². The van der Waals surface area contributed by atoms with Crippen LogP contribution in [0.25, 0.3) is 0 Å². The van der Waals surface area contributed by atoms with Gasteiger partial charge in [0.2, 0.25) is 6.41 Å². The summed E-state index contributed by atoms with van der Waals surface area (Å²) in [4.78, 5) is 23.3. The largest absolute Gasteiger partial charge is 0.469 e. The van der Waals surface area contributed by atoms with Crippen LogP contribution in [-0.4, -0.2) is 37.0 Å². The predicted octanol–water partition coefficient (Wildman–Crippen LogP) is 0.560. The number of likely N-dealkylation sites (tertiary alicyclic amines) is 1. The topological polar surface area (TPSA) is 46.6 Å². The number of hydrogen-bond acceptors (Lipinski definition) is 3. The molecule has 1 fully saturated rings. The first-order valence-electron chi connectivity index (χ1n) is 4.55. The highest BCUT2D eigenvalue weighted by Gasteiger charge is 2.23. The molecule has 74 valence electrons. The minimum absolute atomic E-state index is 0.0544. The van der Waals surface area contributed by atoms with E-state index in [4.69, 9.17) is 0 Å². The predicted molar refractivity (Wildman–Crippen MR) is 47.0 cm³/mol. The molecule has 0 radical (unpaired) electrons. The smallest absolute Gasteiger partial charge is 0.307 e. The standard InChI is InChI=1S/C9H15NO3/c1-13-9(12)6-8-4-2-3-5-10(8)7-11/h7-8H,2-6H2,1H3. The van der Waals surface area contributed by atoms with Crippen LogP contribution in [0, 0.1) is 0 Å². The van der Waals surface area contributed by atoms with Gasteiger partial charge in [-0.3, -0.25) is 9.59 Å². The maximum absolute atomic E-state index is 11.0. The molecule has 0 bridgehead atoms. The fourth-order valence-electron chi connectivity index (χ4n) is 1.66. The van der Waals surface area contributed by atoms with Crippen LogP contribution in [0.4, 0.5) is 0 Å². The Bertz CT molecular complexity index is 193. The van der Waals surface area contributed by atoms with E-state index in [0.717, 1.165) is 32.2 Å². The summed E-state index contributed by atoms with van der Waals surface area (Å²) in [7, 11) is 1.37. The molecule has 0 aliphatic carbocycles. The highest BCUT2D eigenvalue weighted by atomic mass is 16.5. The van der Waals surface area contributed by atoms with Crippen LogP contribution in [-0.2, 0) is 14.3 Å². The van der Waals surface area contributed by atoms with Crippen LogP contribution in [0.15, 0.2) is 0 Å². The van der Waals surface area contributed by atoms with E-state index in [1.165, 1.54) is 7.11 Å². The van der Waals surface area contributed by atoms with Gasteiger partial charge in [0.05, 0.1) is 13.5 Å². The van der Waals surface area contributed by atoms with Crippen molar-refractivity contribution in [3.63, 3.8) is 0 Å². The first kappa shape index (κ1) is 10.0. The molecule has 0 N–H and O–H groups in total. The zero-order valence-corrected chi connectivity index (χ0v) is 7.86. The van der Waals surface area contributed by atoms with Gasteiger partial charge in [-0.2, -0.15) is 0 Å². The molecule has 0 spiro atoms. The van der Waals surface area contributed by atoms with Gasteiger partial charge in [0.1, 0.15) is 0 Å². The van der Waals surface area contributed by atoms with E-state index in [1.807, 2.05) is 0 Å². The Hall–Kier alpha value is -1.06. The summed E-state index contributed by atoms with van der Waals surface area (Å²) in [6, 6.07) is 0.0544. The number of amides is 1. The molecular formula is C9H15NO3. The van der Waals surface area contributed by atoms with E-state index in [-0.39, 0.29) is 12.0 Å². The van der Waals surface area contributed by atoms with Crippen molar-refractivity contribution in [1.82, 2.24) is 4.90 Å². The summed E-state index contributed by atoms with van der Waals surface area (Å²) < 4.78 is 4.56.